The van der Waals surface area contributed by atoms with Gasteiger partial charge in [-0.2, -0.15) is 0 Å². The number of nitrogens with one attached hydrogen (secondary N) is 1. The summed E-state index contributed by atoms with van der Waals surface area (Å²) in [4.78, 5) is 15.4. The molecule has 2 aromatic carbocycles. The van der Waals surface area contributed by atoms with Crippen molar-refractivity contribution in [2.75, 3.05) is 13.1 Å². The van der Waals surface area contributed by atoms with Crippen LogP contribution >= 0.6 is 0 Å². The van der Waals surface area contributed by atoms with Gasteiger partial charge in [0.25, 0.3) is 0 Å². The highest BCUT2D eigenvalue weighted by Crippen LogP contribution is 2.46. The van der Waals surface area contributed by atoms with Crippen LogP contribution in [-0.2, 0) is 17.7 Å². The second kappa shape index (κ2) is 7.25. The van der Waals surface area contributed by atoms with Gasteiger partial charge in [0.15, 0.2) is 0 Å². The van der Waals surface area contributed by atoms with E-state index in [4.69, 9.17) is 4.74 Å². The lowest BCUT2D eigenvalue weighted by atomic mass is 9.70. The molecule has 0 bridgehead atoms. The van der Waals surface area contributed by atoms with Crippen molar-refractivity contribution in [1.29, 1.82) is 0 Å². The van der Waals surface area contributed by atoms with Crippen LogP contribution in [0.4, 0.5) is 4.79 Å². The Morgan fingerprint density at radius 3 is 2.61 bits per heavy atom. The average Bonchev–Trinajstić information content (AvgIpc) is 3.11. The summed E-state index contributed by atoms with van der Waals surface area (Å²) in [5, 5.41) is 3.58. The Morgan fingerprint density at radius 2 is 1.86 bits per heavy atom. The van der Waals surface area contributed by atoms with E-state index in [2.05, 4.69) is 41.7 Å². The summed E-state index contributed by atoms with van der Waals surface area (Å²) in [6.45, 7) is 8.07. The zero-order valence-electron chi connectivity index (χ0n) is 17.1. The molecule has 2 aromatic rings. The first-order valence-corrected chi connectivity index (χ1v) is 10.2. The number of carbonyl (C=O) groups excluding carboxylic acids is 1. The van der Waals surface area contributed by atoms with E-state index in [0.29, 0.717) is 6.54 Å². The van der Waals surface area contributed by atoms with E-state index in [-0.39, 0.29) is 17.6 Å². The van der Waals surface area contributed by atoms with Crippen molar-refractivity contribution < 1.29 is 9.53 Å². The maximum absolute atomic E-state index is 13.4. The highest BCUT2D eigenvalue weighted by Gasteiger charge is 2.52. The number of ether oxygens (including phenoxy) is 1. The number of benzene rings is 2. The van der Waals surface area contributed by atoms with E-state index in [1.54, 1.807) is 0 Å². The first-order valence-electron chi connectivity index (χ1n) is 10.2. The van der Waals surface area contributed by atoms with E-state index in [9.17, 15) is 4.79 Å². The predicted molar refractivity (Wildman–Crippen MR) is 111 cm³/mol. The Labute approximate surface area is 167 Å². The summed E-state index contributed by atoms with van der Waals surface area (Å²) in [5.41, 5.74) is 3.15. The molecular formula is C24H30N2O2. The molecule has 0 radical (unpaired) electrons. The smallest absolute Gasteiger partial charge is 0.411 e. The minimum Gasteiger partial charge on any atom is -0.444 e. The molecule has 0 aromatic heterocycles. The topological polar surface area (TPSA) is 41.6 Å². The van der Waals surface area contributed by atoms with Crippen molar-refractivity contribution in [2.45, 2.75) is 57.2 Å². The number of hydrogen-bond acceptors (Lipinski definition) is 3. The summed E-state index contributed by atoms with van der Waals surface area (Å²) in [6, 6.07) is 18.9. The molecule has 148 valence electrons. The SMILES string of the molecule is CC(C)(C)OC(=O)N(Cc1ccccc1)C12CCc3ccccc3C1CNC2. The van der Waals surface area contributed by atoms with Gasteiger partial charge in [0.2, 0.25) is 0 Å². The Morgan fingerprint density at radius 1 is 1.14 bits per heavy atom. The van der Waals surface area contributed by atoms with Crippen molar-refractivity contribution in [1.82, 2.24) is 10.2 Å². The predicted octanol–water partition coefficient (Wildman–Crippen LogP) is 4.50. The van der Waals surface area contributed by atoms with Crippen molar-refractivity contribution in [3.05, 3.63) is 71.3 Å². The van der Waals surface area contributed by atoms with Crippen LogP contribution in [0.15, 0.2) is 54.6 Å². The molecule has 1 aliphatic carbocycles. The third-order valence-electron chi connectivity index (χ3n) is 6.02. The van der Waals surface area contributed by atoms with Crippen LogP contribution in [-0.4, -0.2) is 35.2 Å². The molecule has 4 heteroatoms. The molecule has 1 N–H and O–H groups in total. The van der Waals surface area contributed by atoms with Gasteiger partial charge in [0, 0.05) is 25.6 Å². The van der Waals surface area contributed by atoms with Crippen LogP contribution in [0, 0.1) is 0 Å². The standard InChI is InChI=1S/C24H30N2O2/c1-23(2,3)28-22(27)26(16-18-9-5-4-6-10-18)24-14-13-19-11-7-8-12-20(19)21(24)15-25-17-24/h4-12,21,25H,13-17H2,1-3H3. The minimum absolute atomic E-state index is 0.218. The Bertz CT molecular complexity index is 843. The van der Waals surface area contributed by atoms with Gasteiger partial charge in [0.05, 0.1) is 5.54 Å². The maximum Gasteiger partial charge on any atom is 0.411 e. The van der Waals surface area contributed by atoms with E-state index in [1.165, 1.54) is 11.1 Å². The molecule has 4 nitrogen and oxygen atoms in total. The van der Waals surface area contributed by atoms with Crippen molar-refractivity contribution in [2.24, 2.45) is 0 Å². The summed E-state index contributed by atoms with van der Waals surface area (Å²) in [7, 11) is 0. The highest BCUT2D eigenvalue weighted by atomic mass is 16.6. The minimum atomic E-state index is -0.517. The van der Waals surface area contributed by atoms with E-state index >= 15 is 0 Å². The van der Waals surface area contributed by atoms with E-state index in [0.717, 1.165) is 31.5 Å². The van der Waals surface area contributed by atoms with Gasteiger partial charge in [-0.05, 0) is 50.3 Å². The first-order chi connectivity index (χ1) is 13.4. The van der Waals surface area contributed by atoms with Crippen LogP contribution in [0.5, 0.6) is 0 Å². The van der Waals surface area contributed by atoms with Gasteiger partial charge >= 0.3 is 6.09 Å². The second-order valence-corrected chi connectivity index (χ2v) is 9.04. The Hall–Kier alpha value is -2.33. The van der Waals surface area contributed by atoms with Gasteiger partial charge < -0.3 is 10.1 Å². The second-order valence-electron chi connectivity index (χ2n) is 9.04. The van der Waals surface area contributed by atoms with Crippen LogP contribution in [0.2, 0.25) is 0 Å². The van der Waals surface area contributed by atoms with Gasteiger partial charge in [-0.3, -0.25) is 4.90 Å². The Kier molecular flexibility index (Phi) is 4.92. The van der Waals surface area contributed by atoms with E-state index in [1.807, 2.05) is 43.9 Å². The number of hydrogen-bond donors (Lipinski definition) is 1. The average molecular weight is 379 g/mol. The lowest BCUT2D eigenvalue weighted by Crippen LogP contribution is -2.58. The third kappa shape index (κ3) is 3.53. The molecule has 1 aliphatic heterocycles. The maximum atomic E-state index is 13.4. The fraction of sp³-hybridized carbons (Fsp3) is 0.458. The summed E-state index contributed by atoms with van der Waals surface area (Å²) in [6.07, 6.45) is 1.72. The summed E-state index contributed by atoms with van der Waals surface area (Å²) < 4.78 is 5.88. The number of rotatable bonds is 3. The number of fused-ring (bicyclic) bond motifs is 3. The number of carbonyl (C=O) groups is 1. The molecule has 4 rings (SSSR count). The van der Waals surface area contributed by atoms with Crippen molar-refractivity contribution in [3.8, 4) is 0 Å². The fourth-order valence-electron chi connectivity index (χ4n) is 4.77. The molecule has 2 aliphatic rings. The molecule has 1 heterocycles. The van der Waals surface area contributed by atoms with Gasteiger partial charge in [-0.25, -0.2) is 4.79 Å². The monoisotopic (exact) mass is 378 g/mol. The normalized spacial score (nSPS) is 23.6. The Balaban J connectivity index is 1.73. The molecule has 2 unspecified atom stereocenters. The molecule has 0 saturated carbocycles. The lowest BCUT2D eigenvalue weighted by molar-refractivity contribution is -0.0103. The highest BCUT2D eigenvalue weighted by molar-refractivity contribution is 5.70. The molecule has 1 amide bonds. The summed E-state index contributed by atoms with van der Waals surface area (Å²) >= 11 is 0. The zero-order chi connectivity index (χ0) is 19.8. The molecule has 2 atom stereocenters. The first kappa shape index (κ1) is 19.0. The molecule has 1 saturated heterocycles. The largest absolute Gasteiger partial charge is 0.444 e. The van der Waals surface area contributed by atoms with Crippen LogP contribution in [0.25, 0.3) is 0 Å². The van der Waals surface area contributed by atoms with Crippen molar-refractivity contribution in [3.63, 3.8) is 0 Å². The molecule has 28 heavy (non-hydrogen) atoms. The van der Waals surface area contributed by atoms with Crippen molar-refractivity contribution >= 4 is 6.09 Å². The van der Waals surface area contributed by atoms with Gasteiger partial charge in [0.1, 0.15) is 5.60 Å². The number of aryl methyl sites for hydroxylation is 1. The van der Waals surface area contributed by atoms with Gasteiger partial charge in [-0.1, -0.05) is 54.6 Å². The van der Waals surface area contributed by atoms with Crippen LogP contribution in [0.1, 0.15) is 49.8 Å². The number of nitrogens with zero attached hydrogens (tertiary/aromatic N) is 1. The lowest BCUT2D eigenvalue weighted by Gasteiger charge is -2.48. The zero-order valence-corrected chi connectivity index (χ0v) is 17.1. The fourth-order valence-corrected chi connectivity index (χ4v) is 4.77. The number of amides is 1. The quantitative estimate of drug-likeness (QED) is 0.855. The van der Waals surface area contributed by atoms with E-state index < -0.39 is 5.60 Å². The van der Waals surface area contributed by atoms with Crippen LogP contribution in [0.3, 0.4) is 0 Å². The summed E-state index contributed by atoms with van der Waals surface area (Å²) in [5.74, 6) is 0.286. The molecule has 0 spiro atoms. The van der Waals surface area contributed by atoms with Gasteiger partial charge in [-0.15, -0.1) is 0 Å². The third-order valence-corrected chi connectivity index (χ3v) is 6.02. The molecule has 1 fully saturated rings. The molecular weight excluding hydrogens is 348 g/mol. The van der Waals surface area contributed by atoms with Crippen LogP contribution < -0.4 is 5.32 Å².